The maximum absolute atomic E-state index is 9.99. The summed E-state index contributed by atoms with van der Waals surface area (Å²) < 4.78 is 1.55. The number of nitrogens with zero attached hydrogens (tertiary/aromatic N) is 4. The number of phenolic OH excluding ortho intramolecular Hbond substituents is 1. The van der Waals surface area contributed by atoms with Crippen LogP contribution in [0.3, 0.4) is 0 Å². The average molecular weight is 331 g/mol. The molecule has 0 aliphatic carbocycles. The monoisotopic (exact) mass is 330 g/mol. The number of aromatic hydroxyl groups is 1. The summed E-state index contributed by atoms with van der Waals surface area (Å²) in [6, 6.07) is 10.1. The van der Waals surface area contributed by atoms with Gasteiger partial charge in [0.05, 0.1) is 11.1 Å². The van der Waals surface area contributed by atoms with Crippen molar-refractivity contribution in [2.75, 3.05) is 0 Å². The van der Waals surface area contributed by atoms with Gasteiger partial charge in [-0.15, -0.1) is 5.10 Å². The van der Waals surface area contributed by atoms with Gasteiger partial charge in [-0.3, -0.25) is 0 Å². The zero-order valence-corrected chi connectivity index (χ0v) is 12.5. The molecule has 1 N–H and O–H groups in total. The molecule has 0 aliphatic rings. The highest BCUT2D eigenvalue weighted by atomic mass is 35.5. The number of rotatable bonds is 1. The number of hydrogen-bond acceptors (Lipinski definition) is 4. The second-order valence-corrected chi connectivity index (χ2v) is 5.64. The Bertz CT molecular complexity index is 1030. The summed E-state index contributed by atoms with van der Waals surface area (Å²) in [5, 5.41) is 16.2. The van der Waals surface area contributed by atoms with Crippen LogP contribution in [0, 0.1) is 0 Å². The van der Waals surface area contributed by atoms with E-state index in [0.717, 1.165) is 10.9 Å². The predicted molar refractivity (Wildman–Crippen MR) is 85.4 cm³/mol. The summed E-state index contributed by atoms with van der Waals surface area (Å²) in [6.07, 6.45) is 1.57. The van der Waals surface area contributed by atoms with Crippen LogP contribution in [0.1, 0.15) is 0 Å². The van der Waals surface area contributed by atoms with E-state index in [1.807, 2.05) is 6.07 Å². The number of hydrogen-bond donors (Lipinski definition) is 1. The molecule has 0 spiro atoms. The van der Waals surface area contributed by atoms with Crippen LogP contribution in [-0.2, 0) is 0 Å². The Kier molecular flexibility index (Phi) is 2.92. The number of fused-ring (bicyclic) bond motifs is 3. The standard InChI is InChI=1S/C15H8Cl2N4O/c16-8-1-3-12-10(5-8)15-19-14(20-21(15)7-18-12)11-6-9(17)2-4-13(11)22/h1-7,22H. The maximum Gasteiger partial charge on any atom is 0.186 e. The molecule has 4 rings (SSSR count). The zero-order valence-electron chi connectivity index (χ0n) is 11.0. The maximum atomic E-state index is 9.99. The molecule has 0 atom stereocenters. The normalized spacial score (nSPS) is 11.4. The van der Waals surface area contributed by atoms with Gasteiger partial charge in [-0.05, 0) is 36.4 Å². The first kappa shape index (κ1) is 13.3. The summed E-state index contributed by atoms with van der Waals surface area (Å²) in [5.74, 6) is 0.435. The molecule has 0 bridgehead atoms. The lowest BCUT2D eigenvalue weighted by molar-refractivity contribution is 0.477. The molecule has 0 aliphatic heterocycles. The van der Waals surface area contributed by atoms with E-state index in [1.165, 1.54) is 6.07 Å². The van der Waals surface area contributed by atoms with Crippen molar-refractivity contribution in [3.05, 3.63) is 52.8 Å². The Labute approximate surface area is 134 Å². The Hall–Kier alpha value is -2.37. The van der Waals surface area contributed by atoms with Crippen LogP contribution < -0.4 is 0 Å². The molecular formula is C15H8Cl2N4O. The van der Waals surface area contributed by atoms with Gasteiger partial charge in [0.15, 0.2) is 11.5 Å². The lowest BCUT2D eigenvalue weighted by Gasteiger charge is -1.99. The fourth-order valence-electron chi connectivity index (χ4n) is 2.31. The van der Waals surface area contributed by atoms with Crippen molar-refractivity contribution in [3.63, 3.8) is 0 Å². The number of halogens is 2. The summed E-state index contributed by atoms with van der Waals surface area (Å²) in [4.78, 5) is 8.80. The Morgan fingerprint density at radius 1 is 1.00 bits per heavy atom. The van der Waals surface area contributed by atoms with Crippen LogP contribution in [0.25, 0.3) is 27.9 Å². The molecule has 4 aromatic rings. The molecule has 22 heavy (non-hydrogen) atoms. The third-order valence-corrected chi connectivity index (χ3v) is 3.81. The van der Waals surface area contributed by atoms with E-state index in [9.17, 15) is 5.11 Å². The van der Waals surface area contributed by atoms with E-state index >= 15 is 0 Å². The van der Waals surface area contributed by atoms with Gasteiger partial charge in [-0.2, -0.15) is 0 Å². The van der Waals surface area contributed by atoms with E-state index in [0.29, 0.717) is 27.1 Å². The SMILES string of the molecule is Oc1ccc(Cl)cc1-c1nc2c3cc(Cl)ccc3ncn2n1. The molecule has 0 saturated heterocycles. The lowest BCUT2D eigenvalue weighted by atomic mass is 10.2. The van der Waals surface area contributed by atoms with E-state index in [4.69, 9.17) is 23.2 Å². The van der Waals surface area contributed by atoms with E-state index in [1.54, 1.807) is 35.1 Å². The van der Waals surface area contributed by atoms with Crippen LogP contribution in [0.5, 0.6) is 5.75 Å². The highest BCUT2D eigenvalue weighted by molar-refractivity contribution is 6.31. The van der Waals surface area contributed by atoms with Gasteiger partial charge in [0, 0.05) is 15.4 Å². The molecule has 0 unspecified atom stereocenters. The smallest absolute Gasteiger partial charge is 0.186 e. The first-order valence-electron chi connectivity index (χ1n) is 6.41. The zero-order chi connectivity index (χ0) is 15.3. The number of phenols is 1. The molecule has 0 saturated carbocycles. The number of benzene rings is 2. The van der Waals surface area contributed by atoms with Crippen molar-refractivity contribution < 1.29 is 5.11 Å². The van der Waals surface area contributed by atoms with Crippen molar-refractivity contribution in [1.82, 2.24) is 19.6 Å². The molecule has 5 nitrogen and oxygen atoms in total. The van der Waals surface area contributed by atoms with Gasteiger partial charge < -0.3 is 5.11 Å². The van der Waals surface area contributed by atoms with Crippen molar-refractivity contribution >= 4 is 39.8 Å². The van der Waals surface area contributed by atoms with Crippen LogP contribution in [0.4, 0.5) is 0 Å². The van der Waals surface area contributed by atoms with Crippen LogP contribution in [0.15, 0.2) is 42.7 Å². The van der Waals surface area contributed by atoms with Gasteiger partial charge in [0.25, 0.3) is 0 Å². The Morgan fingerprint density at radius 2 is 1.77 bits per heavy atom. The lowest BCUT2D eigenvalue weighted by Crippen LogP contribution is -1.91. The fourth-order valence-corrected chi connectivity index (χ4v) is 2.65. The molecule has 0 amide bonds. The molecule has 0 radical (unpaired) electrons. The first-order valence-corrected chi connectivity index (χ1v) is 7.17. The van der Waals surface area contributed by atoms with E-state index in [-0.39, 0.29) is 5.75 Å². The van der Waals surface area contributed by atoms with Crippen molar-refractivity contribution in [2.24, 2.45) is 0 Å². The predicted octanol–water partition coefficient (Wildman–Crippen LogP) is 3.96. The fraction of sp³-hybridized carbons (Fsp3) is 0. The van der Waals surface area contributed by atoms with Gasteiger partial charge >= 0.3 is 0 Å². The third-order valence-electron chi connectivity index (χ3n) is 3.34. The minimum Gasteiger partial charge on any atom is -0.507 e. The summed E-state index contributed by atoms with van der Waals surface area (Å²) >= 11 is 12.0. The third kappa shape index (κ3) is 2.06. The average Bonchev–Trinajstić information content (AvgIpc) is 2.94. The summed E-state index contributed by atoms with van der Waals surface area (Å²) in [5.41, 5.74) is 1.85. The minimum absolute atomic E-state index is 0.0654. The van der Waals surface area contributed by atoms with Gasteiger partial charge in [0.1, 0.15) is 12.1 Å². The van der Waals surface area contributed by atoms with Crippen LogP contribution in [-0.4, -0.2) is 24.7 Å². The topological polar surface area (TPSA) is 63.3 Å². The molecule has 0 fully saturated rings. The minimum atomic E-state index is 0.0654. The second-order valence-electron chi connectivity index (χ2n) is 4.77. The quantitative estimate of drug-likeness (QED) is 0.573. The largest absolute Gasteiger partial charge is 0.507 e. The summed E-state index contributed by atoms with van der Waals surface area (Å²) in [7, 11) is 0. The molecule has 2 aromatic carbocycles. The summed E-state index contributed by atoms with van der Waals surface area (Å²) in [6.45, 7) is 0. The number of aromatic nitrogens is 4. The van der Waals surface area contributed by atoms with Gasteiger partial charge in [-0.1, -0.05) is 23.2 Å². The van der Waals surface area contributed by atoms with Gasteiger partial charge in [-0.25, -0.2) is 14.5 Å². The van der Waals surface area contributed by atoms with Gasteiger partial charge in [0.2, 0.25) is 0 Å². The van der Waals surface area contributed by atoms with E-state index in [2.05, 4.69) is 15.1 Å². The van der Waals surface area contributed by atoms with Crippen LogP contribution in [0.2, 0.25) is 10.0 Å². The first-order chi connectivity index (χ1) is 10.6. The molecule has 2 aromatic heterocycles. The van der Waals surface area contributed by atoms with Crippen molar-refractivity contribution in [2.45, 2.75) is 0 Å². The Balaban J connectivity index is 2.03. The van der Waals surface area contributed by atoms with Crippen molar-refractivity contribution in [3.8, 4) is 17.1 Å². The van der Waals surface area contributed by atoms with Crippen molar-refractivity contribution in [1.29, 1.82) is 0 Å². The molecular weight excluding hydrogens is 323 g/mol. The Morgan fingerprint density at radius 3 is 2.64 bits per heavy atom. The van der Waals surface area contributed by atoms with E-state index < -0.39 is 0 Å². The highest BCUT2D eigenvalue weighted by Crippen LogP contribution is 2.30. The molecule has 7 heteroatoms. The molecule has 2 heterocycles. The molecule has 108 valence electrons. The highest BCUT2D eigenvalue weighted by Gasteiger charge is 2.13. The van der Waals surface area contributed by atoms with Crippen LogP contribution >= 0.6 is 23.2 Å². The second kappa shape index (κ2) is 4.83.